The van der Waals surface area contributed by atoms with Gasteiger partial charge in [0.05, 0.1) is 6.61 Å². The molecule has 0 saturated heterocycles. The SMILES string of the molecule is COCCN(CCC/C(N)=N/O)C(C)C1CC1. The van der Waals surface area contributed by atoms with Crippen molar-refractivity contribution in [2.24, 2.45) is 16.8 Å². The minimum Gasteiger partial charge on any atom is -0.409 e. The van der Waals surface area contributed by atoms with Gasteiger partial charge in [-0.1, -0.05) is 5.16 Å². The lowest BCUT2D eigenvalue weighted by Crippen LogP contribution is -2.38. The second-order valence-electron chi connectivity index (χ2n) is 4.80. The number of methoxy groups -OCH3 is 1. The molecule has 0 bridgehead atoms. The number of hydrogen-bond donors (Lipinski definition) is 2. The highest BCUT2D eigenvalue weighted by Gasteiger charge is 2.31. The Balaban J connectivity index is 2.29. The normalized spacial score (nSPS) is 18.6. The average molecular weight is 243 g/mol. The van der Waals surface area contributed by atoms with Crippen molar-refractivity contribution in [3.63, 3.8) is 0 Å². The minimum absolute atomic E-state index is 0.316. The molecule has 1 aliphatic rings. The molecule has 0 aromatic rings. The van der Waals surface area contributed by atoms with Gasteiger partial charge in [-0.2, -0.15) is 0 Å². The number of nitrogens with zero attached hydrogens (tertiary/aromatic N) is 2. The van der Waals surface area contributed by atoms with Gasteiger partial charge in [-0.05, 0) is 38.6 Å². The zero-order chi connectivity index (χ0) is 12.7. The van der Waals surface area contributed by atoms with Gasteiger partial charge in [0.25, 0.3) is 0 Å². The molecule has 3 N–H and O–H groups in total. The van der Waals surface area contributed by atoms with Crippen LogP contribution in [-0.2, 0) is 4.74 Å². The number of ether oxygens (including phenoxy) is 1. The Morgan fingerprint density at radius 3 is 2.76 bits per heavy atom. The molecule has 100 valence electrons. The first kappa shape index (κ1) is 14.3. The molecule has 5 heteroatoms. The van der Waals surface area contributed by atoms with E-state index in [0.717, 1.165) is 32.0 Å². The van der Waals surface area contributed by atoms with E-state index in [9.17, 15) is 0 Å². The number of hydrogen-bond acceptors (Lipinski definition) is 4. The second-order valence-corrected chi connectivity index (χ2v) is 4.80. The Kier molecular flexibility index (Phi) is 6.29. The first-order chi connectivity index (χ1) is 8.19. The van der Waals surface area contributed by atoms with Gasteiger partial charge >= 0.3 is 0 Å². The molecule has 0 amide bonds. The summed E-state index contributed by atoms with van der Waals surface area (Å²) in [5.41, 5.74) is 5.46. The van der Waals surface area contributed by atoms with Crippen LogP contribution in [0.3, 0.4) is 0 Å². The maximum absolute atomic E-state index is 8.48. The van der Waals surface area contributed by atoms with Crippen molar-refractivity contribution in [1.29, 1.82) is 0 Å². The Morgan fingerprint density at radius 1 is 1.53 bits per heavy atom. The summed E-state index contributed by atoms with van der Waals surface area (Å²) in [6.07, 6.45) is 4.28. The Bertz CT molecular complexity index is 242. The number of oxime groups is 1. The molecular formula is C12H25N3O2. The van der Waals surface area contributed by atoms with Gasteiger partial charge in [-0.3, -0.25) is 4.90 Å². The van der Waals surface area contributed by atoms with Crippen molar-refractivity contribution in [3.8, 4) is 0 Å². The molecule has 0 heterocycles. The van der Waals surface area contributed by atoms with Crippen molar-refractivity contribution >= 4 is 5.84 Å². The van der Waals surface area contributed by atoms with E-state index in [1.54, 1.807) is 7.11 Å². The summed E-state index contributed by atoms with van der Waals surface area (Å²) >= 11 is 0. The highest BCUT2D eigenvalue weighted by molar-refractivity contribution is 5.79. The molecule has 17 heavy (non-hydrogen) atoms. The minimum atomic E-state index is 0.316. The molecule has 1 atom stereocenters. The smallest absolute Gasteiger partial charge is 0.139 e. The predicted octanol–water partition coefficient (Wildman–Crippen LogP) is 1.26. The Labute approximate surface area is 104 Å². The molecule has 1 unspecified atom stereocenters. The zero-order valence-corrected chi connectivity index (χ0v) is 10.9. The van der Waals surface area contributed by atoms with Crippen molar-refractivity contribution in [1.82, 2.24) is 4.90 Å². The van der Waals surface area contributed by atoms with Gasteiger partial charge < -0.3 is 15.7 Å². The molecule has 1 rings (SSSR count). The molecule has 0 aromatic carbocycles. The van der Waals surface area contributed by atoms with Crippen LogP contribution in [0.1, 0.15) is 32.6 Å². The van der Waals surface area contributed by atoms with E-state index in [1.165, 1.54) is 12.8 Å². The number of amidine groups is 1. The monoisotopic (exact) mass is 243 g/mol. The van der Waals surface area contributed by atoms with Crippen LogP contribution in [0.25, 0.3) is 0 Å². The van der Waals surface area contributed by atoms with Gasteiger partial charge in [-0.25, -0.2) is 0 Å². The number of nitrogens with two attached hydrogens (primary N) is 1. The molecule has 1 saturated carbocycles. The van der Waals surface area contributed by atoms with E-state index in [4.69, 9.17) is 15.7 Å². The highest BCUT2D eigenvalue weighted by atomic mass is 16.5. The van der Waals surface area contributed by atoms with Crippen LogP contribution in [0, 0.1) is 5.92 Å². The third kappa shape index (κ3) is 5.37. The Hall–Kier alpha value is -0.810. The fourth-order valence-electron chi connectivity index (χ4n) is 2.12. The lowest BCUT2D eigenvalue weighted by Gasteiger charge is -2.28. The van der Waals surface area contributed by atoms with Crippen LogP contribution < -0.4 is 5.73 Å². The second kappa shape index (κ2) is 7.50. The standard InChI is InChI=1S/C12H25N3O2/c1-10(11-5-6-11)15(8-9-17-2)7-3-4-12(13)14-16/h10-11,16H,3-9H2,1-2H3,(H2,13,14). The summed E-state index contributed by atoms with van der Waals surface area (Å²) < 4.78 is 5.14. The highest BCUT2D eigenvalue weighted by Crippen LogP contribution is 2.35. The fourth-order valence-corrected chi connectivity index (χ4v) is 2.12. The predicted molar refractivity (Wildman–Crippen MR) is 68.3 cm³/mol. The fraction of sp³-hybridized carbons (Fsp3) is 0.917. The van der Waals surface area contributed by atoms with Crippen LogP contribution in [-0.4, -0.2) is 48.8 Å². The van der Waals surface area contributed by atoms with E-state index in [1.807, 2.05) is 0 Å². The maximum atomic E-state index is 8.48. The first-order valence-corrected chi connectivity index (χ1v) is 6.38. The third-order valence-electron chi connectivity index (χ3n) is 3.47. The molecule has 5 nitrogen and oxygen atoms in total. The lowest BCUT2D eigenvalue weighted by atomic mass is 10.1. The van der Waals surface area contributed by atoms with Crippen LogP contribution in [0.15, 0.2) is 5.16 Å². The van der Waals surface area contributed by atoms with Gasteiger partial charge in [0.1, 0.15) is 5.84 Å². The largest absolute Gasteiger partial charge is 0.409 e. The van der Waals surface area contributed by atoms with Crippen LogP contribution in [0.5, 0.6) is 0 Å². The van der Waals surface area contributed by atoms with Crippen molar-refractivity contribution in [2.45, 2.75) is 38.6 Å². The molecular weight excluding hydrogens is 218 g/mol. The summed E-state index contributed by atoms with van der Waals surface area (Å²) in [6.45, 7) is 5.00. The summed E-state index contributed by atoms with van der Waals surface area (Å²) in [5.74, 6) is 1.17. The quantitative estimate of drug-likeness (QED) is 0.277. The molecule has 0 radical (unpaired) electrons. The number of rotatable bonds is 9. The molecule has 0 spiro atoms. The summed E-state index contributed by atoms with van der Waals surface area (Å²) in [7, 11) is 1.73. The summed E-state index contributed by atoms with van der Waals surface area (Å²) in [4.78, 5) is 2.45. The summed E-state index contributed by atoms with van der Waals surface area (Å²) in [6, 6.07) is 0.623. The van der Waals surface area contributed by atoms with Crippen molar-refractivity contribution < 1.29 is 9.94 Å². The van der Waals surface area contributed by atoms with E-state index in [-0.39, 0.29) is 0 Å². The molecule has 1 fully saturated rings. The van der Waals surface area contributed by atoms with E-state index in [2.05, 4.69) is 17.0 Å². The molecule has 0 aliphatic heterocycles. The van der Waals surface area contributed by atoms with E-state index >= 15 is 0 Å². The van der Waals surface area contributed by atoms with Crippen molar-refractivity contribution in [2.75, 3.05) is 26.8 Å². The van der Waals surface area contributed by atoms with Crippen LogP contribution in [0.4, 0.5) is 0 Å². The van der Waals surface area contributed by atoms with Crippen LogP contribution in [0.2, 0.25) is 0 Å². The zero-order valence-electron chi connectivity index (χ0n) is 10.9. The summed E-state index contributed by atoms with van der Waals surface area (Å²) in [5, 5.41) is 11.5. The van der Waals surface area contributed by atoms with Crippen LogP contribution >= 0.6 is 0 Å². The van der Waals surface area contributed by atoms with E-state index in [0.29, 0.717) is 18.3 Å². The van der Waals surface area contributed by atoms with Gasteiger partial charge in [-0.15, -0.1) is 0 Å². The third-order valence-corrected chi connectivity index (χ3v) is 3.47. The average Bonchev–Trinajstić information content (AvgIpc) is 3.16. The maximum Gasteiger partial charge on any atom is 0.139 e. The Morgan fingerprint density at radius 2 is 2.24 bits per heavy atom. The van der Waals surface area contributed by atoms with Gasteiger partial charge in [0.15, 0.2) is 0 Å². The molecule has 1 aliphatic carbocycles. The van der Waals surface area contributed by atoms with Gasteiger partial charge in [0, 0.05) is 26.1 Å². The van der Waals surface area contributed by atoms with Crippen molar-refractivity contribution in [3.05, 3.63) is 0 Å². The first-order valence-electron chi connectivity index (χ1n) is 6.38. The topological polar surface area (TPSA) is 71.1 Å². The van der Waals surface area contributed by atoms with E-state index < -0.39 is 0 Å². The molecule has 0 aromatic heterocycles. The lowest BCUT2D eigenvalue weighted by molar-refractivity contribution is 0.116. The van der Waals surface area contributed by atoms with Gasteiger partial charge in [0.2, 0.25) is 0 Å².